The Morgan fingerprint density at radius 3 is 3.15 bits per heavy atom. The van der Waals surface area contributed by atoms with Crippen molar-refractivity contribution in [1.29, 1.82) is 5.41 Å². The van der Waals surface area contributed by atoms with Crippen molar-refractivity contribution in [2.24, 2.45) is 0 Å². The van der Waals surface area contributed by atoms with Crippen molar-refractivity contribution in [2.75, 3.05) is 6.61 Å². The van der Waals surface area contributed by atoms with Gasteiger partial charge in [-0.25, -0.2) is 0 Å². The fourth-order valence-corrected chi connectivity index (χ4v) is 2.40. The second kappa shape index (κ2) is 4.88. The van der Waals surface area contributed by atoms with Crippen LogP contribution >= 0.6 is 0 Å². The van der Waals surface area contributed by atoms with Crippen LogP contribution in [0, 0.1) is 5.41 Å². The predicted octanol–water partition coefficient (Wildman–Crippen LogP) is -0.665. The van der Waals surface area contributed by atoms with Gasteiger partial charge in [0, 0.05) is 12.6 Å². The number of esters is 1. The van der Waals surface area contributed by atoms with Crippen LogP contribution in [0.25, 0.3) is 0 Å². The largest absolute Gasteiger partial charge is 0.455 e. The molecule has 0 aliphatic carbocycles. The molecule has 108 valence electrons. The molecular formula is C12H15N3O5. The highest BCUT2D eigenvalue weighted by Crippen LogP contribution is 2.40. The van der Waals surface area contributed by atoms with E-state index in [2.05, 4.69) is 4.98 Å². The van der Waals surface area contributed by atoms with Crippen molar-refractivity contribution >= 4 is 5.97 Å². The molecule has 1 fully saturated rings. The van der Waals surface area contributed by atoms with Gasteiger partial charge in [-0.05, 0) is 6.07 Å². The van der Waals surface area contributed by atoms with Gasteiger partial charge in [-0.2, -0.15) is 4.98 Å². The average Bonchev–Trinajstić information content (AvgIpc) is 2.94. The first-order valence-electron chi connectivity index (χ1n) is 6.40. The van der Waals surface area contributed by atoms with Gasteiger partial charge in [0.15, 0.2) is 23.9 Å². The summed E-state index contributed by atoms with van der Waals surface area (Å²) in [5.41, 5.74) is 0.0806. The zero-order valence-electron chi connectivity index (χ0n) is 10.9. The van der Waals surface area contributed by atoms with Gasteiger partial charge in [0.1, 0.15) is 6.10 Å². The summed E-state index contributed by atoms with van der Waals surface area (Å²) < 4.78 is 18.2. The Hall–Kier alpha value is -1.93. The molecule has 2 aliphatic heterocycles. The first-order valence-corrected chi connectivity index (χ1v) is 6.40. The Morgan fingerprint density at radius 1 is 1.65 bits per heavy atom. The van der Waals surface area contributed by atoms with Crippen LogP contribution in [0.1, 0.15) is 19.6 Å². The van der Waals surface area contributed by atoms with E-state index in [9.17, 15) is 9.90 Å². The number of hydrogen-bond donors (Lipinski definition) is 2. The summed E-state index contributed by atoms with van der Waals surface area (Å²) in [6.07, 6.45) is -0.512. The number of nitrogens with zero attached hydrogens (tertiary/aromatic N) is 2. The van der Waals surface area contributed by atoms with Crippen LogP contribution in [0.5, 0.6) is 6.01 Å². The van der Waals surface area contributed by atoms with Gasteiger partial charge in [0.2, 0.25) is 0 Å². The third-order valence-electron chi connectivity index (χ3n) is 3.37. The number of aromatic nitrogens is 2. The molecule has 3 rings (SSSR count). The minimum atomic E-state index is -0.687. The standard InChI is InChI=1S/C12H15N3O5/c1-2-8(17)19-9-6(5-16)18-11-10(9)20-12-14-7(13)3-4-15(11)12/h3-4,6,9-11,13,16H,2,5H2,1H3/t6-,9-,10+,11-/m1/s1. The SMILES string of the molecule is CCC(=O)O[C@H]1[C@@H]2Oc3nc(=N)ccn3[C@@H]2O[C@@H]1CO. The molecule has 0 unspecified atom stereocenters. The average molecular weight is 281 g/mol. The second-order valence-corrected chi connectivity index (χ2v) is 4.64. The van der Waals surface area contributed by atoms with E-state index < -0.39 is 24.5 Å². The molecule has 8 heteroatoms. The third-order valence-corrected chi connectivity index (χ3v) is 3.37. The number of hydrogen-bond acceptors (Lipinski definition) is 7. The van der Waals surface area contributed by atoms with Gasteiger partial charge in [0.25, 0.3) is 0 Å². The van der Waals surface area contributed by atoms with Gasteiger partial charge in [0.05, 0.1) is 6.61 Å². The molecule has 1 aromatic rings. The Labute approximate surface area is 114 Å². The number of aliphatic hydroxyl groups excluding tert-OH is 1. The van der Waals surface area contributed by atoms with Crippen LogP contribution in [0.3, 0.4) is 0 Å². The maximum absolute atomic E-state index is 11.5. The lowest BCUT2D eigenvalue weighted by Crippen LogP contribution is -2.39. The predicted molar refractivity (Wildman–Crippen MR) is 63.7 cm³/mol. The molecule has 0 spiro atoms. The van der Waals surface area contributed by atoms with Crippen LogP contribution < -0.4 is 10.2 Å². The van der Waals surface area contributed by atoms with Crippen molar-refractivity contribution < 1.29 is 24.1 Å². The maximum atomic E-state index is 11.5. The molecule has 2 aliphatic rings. The Kier molecular flexibility index (Phi) is 3.19. The number of rotatable bonds is 3. The monoisotopic (exact) mass is 281 g/mol. The van der Waals surface area contributed by atoms with E-state index in [4.69, 9.17) is 19.6 Å². The summed E-state index contributed by atoms with van der Waals surface area (Å²) in [7, 11) is 0. The number of carbonyl (C=O) groups is 1. The minimum Gasteiger partial charge on any atom is -0.455 e. The van der Waals surface area contributed by atoms with E-state index in [0.29, 0.717) is 0 Å². The molecule has 0 bridgehead atoms. The zero-order valence-corrected chi connectivity index (χ0v) is 10.9. The smallest absolute Gasteiger partial charge is 0.306 e. The summed E-state index contributed by atoms with van der Waals surface area (Å²) in [5, 5.41) is 16.8. The molecule has 8 nitrogen and oxygen atoms in total. The molecule has 4 atom stereocenters. The van der Waals surface area contributed by atoms with E-state index in [1.165, 1.54) is 6.07 Å². The van der Waals surface area contributed by atoms with Crippen LogP contribution in [0.15, 0.2) is 12.3 Å². The Morgan fingerprint density at radius 2 is 2.45 bits per heavy atom. The molecule has 2 N–H and O–H groups in total. The fourth-order valence-electron chi connectivity index (χ4n) is 2.40. The molecule has 1 saturated heterocycles. The summed E-state index contributed by atoms with van der Waals surface area (Å²) in [5.74, 6) is -0.378. The van der Waals surface area contributed by atoms with Crippen molar-refractivity contribution in [1.82, 2.24) is 9.55 Å². The number of ether oxygens (including phenoxy) is 3. The molecule has 20 heavy (non-hydrogen) atoms. The van der Waals surface area contributed by atoms with Gasteiger partial charge in [-0.3, -0.25) is 14.8 Å². The number of aliphatic hydroxyl groups is 1. The van der Waals surface area contributed by atoms with Crippen molar-refractivity contribution in [3.05, 3.63) is 17.8 Å². The fraction of sp³-hybridized carbons (Fsp3) is 0.583. The van der Waals surface area contributed by atoms with Gasteiger partial charge in [-0.1, -0.05) is 6.92 Å². The van der Waals surface area contributed by atoms with E-state index >= 15 is 0 Å². The first kappa shape index (κ1) is 13.1. The lowest BCUT2D eigenvalue weighted by Gasteiger charge is -2.20. The summed E-state index contributed by atoms with van der Waals surface area (Å²) in [4.78, 5) is 15.4. The lowest BCUT2D eigenvalue weighted by atomic mass is 10.1. The zero-order chi connectivity index (χ0) is 14.3. The highest BCUT2D eigenvalue weighted by Gasteiger charge is 2.53. The normalized spacial score (nSPS) is 30.5. The summed E-state index contributed by atoms with van der Waals surface area (Å²) in [6, 6.07) is 1.76. The van der Waals surface area contributed by atoms with Crippen LogP contribution in [0.2, 0.25) is 0 Å². The lowest BCUT2D eigenvalue weighted by molar-refractivity contribution is -0.155. The summed E-state index contributed by atoms with van der Waals surface area (Å²) in [6.45, 7) is 1.42. The van der Waals surface area contributed by atoms with Crippen molar-refractivity contribution in [3.8, 4) is 6.01 Å². The quantitative estimate of drug-likeness (QED) is 0.712. The highest BCUT2D eigenvalue weighted by atomic mass is 16.7. The molecular weight excluding hydrogens is 266 g/mol. The van der Waals surface area contributed by atoms with E-state index in [1.807, 2.05) is 0 Å². The topological polar surface area (TPSA) is 107 Å². The number of carbonyl (C=O) groups excluding carboxylic acids is 1. The number of nitrogens with one attached hydrogen (secondary N) is 1. The van der Waals surface area contributed by atoms with Crippen molar-refractivity contribution in [2.45, 2.75) is 37.9 Å². The molecule has 0 amide bonds. The molecule has 0 radical (unpaired) electrons. The number of fused-ring (bicyclic) bond motifs is 3. The summed E-state index contributed by atoms with van der Waals surface area (Å²) >= 11 is 0. The molecule has 3 heterocycles. The third kappa shape index (κ3) is 1.97. The van der Waals surface area contributed by atoms with Crippen LogP contribution in [-0.2, 0) is 14.3 Å². The van der Waals surface area contributed by atoms with Gasteiger partial charge >= 0.3 is 12.0 Å². The Bertz CT molecular complexity index is 587. The van der Waals surface area contributed by atoms with E-state index in [0.717, 1.165) is 0 Å². The molecule has 0 saturated carbocycles. The first-order chi connectivity index (χ1) is 9.63. The van der Waals surface area contributed by atoms with E-state index in [1.54, 1.807) is 17.7 Å². The highest BCUT2D eigenvalue weighted by molar-refractivity contribution is 5.69. The van der Waals surface area contributed by atoms with Crippen LogP contribution in [-0.4, -0.2) is 45.5 Å². The van der Waals surface area contributed by atoms with E-state index in [-0.39, 0.29) is 30.5 Å². The molecule has 1 aromatic heterocycles. The Balaban J connectivity index is 1.88. The van der Waals surface area contributed by atoms with Crippen LogP contribution in [0.4, 0.5) is 0 Å². The molecule has 0 aromatic carbocycles. The minimum absolute atomic E-state index is 0.0806. The maximum Gasteiger partial charge on any atom is 0.306 e. The van der Waals surface area contributed by atoms with Gasteiger partial charge in [-0.15, -0.1) is 0 Å². The van der Waals surface area contributed by atoms with Crippen molar-refractivity contribution in [3.63, 3.8) is 0 Å². The van der Waals surface area contributed by atoms with Gasteiger partial charge < -0.3 is 19.3 Å². The second-order valence-electron chi connectivity index (χ2n) is 4.64.